The molecule has 8 heteroatoms. The van der Waals surface area contributed by atoms with E-state index in [0.717, 1.165) is 21.7 Å². The first-order chi connectivity index (χ1) is 12.5. The van der Waals surface area contributed by atoms with E-state index in [0.29, 0.717) is 5.69 Å². The molecule has 2 aromatic rings. The molecule has 2 amide bonds. The van der Waals surface area contributed by atoms with E-state index in [2.05, 4.69) is 5.32 Å². The Kier molecular flexibility index (Phi) is 5.90. The maximum absolute atomic E-state index is 12.7. The second-order valence-corrected chi connectivity index (χ2v) is 8.34. The third-order valence-corrected chi connectivity index (χ3v) is 5.24. The number of nitrogens with one attached hydrogen (secondary N) is 1. The molecule has 0 aliphatic heterocycles. The van der Waals surface area contributed by atoms with Crippen molar-refractivity contribution >= 4 is 33.2 Å². The monoisotopic (exact) mass is 389 g/mol. The number of benzene rings is 2. The third-order valence-electron chi connectivity index (χ3n) is 4.00. The van der Waals surface area contributed by atoms with Crippen molar-refractivity contribution < 1.29 is 18.0 Å². The molecule has 2 rings (SSSR count). The van der Waals surface area contributed by atoms with Crippen molar-refractivity contribution in [3.8, 4) is 0 Å². The largest absolute Gasteiger partial charge is 0.366 e. The maximum atomic E-state index is 12.7. The summed E-state index contributed by atoms with van der Waals surface area (Å²) in [4.78, 5) is 24.3. The highest BCUT2D eigenvalue weighted by molar-refractivity contribution is 7.92. The van der Waals surface area contributed by atoms with Crippen LogP contribution in [0.5, 0.6) is 0 Å². The van der Waals surface area contributed by atoms with Crippen LogP contribution in [0.1, 0.15) is 28.4 Å². The van der Waals surface area contributed by atoms with E-state index in [9.17, 15) is 18.0 Å². The van der Waals surface area contributed by atoms with E-state index in [-0.39, 0.29) is 11.3 Å². The fourth-order valence-corrected chi connectivity index (χ4v) is 4.09. The van der Waals surface area contributed by atoms with Gasteiger partial charge in [-0.1, -0.05) is 18.2 Å². The highest BCUT2D eigenvalue weighted by Gasteiger charge is 2.30. The Hall–Kier alpha value is -2.87. The number of carbonyl (C=O) groups excluding carboxylic acids is 2. The molecule has 27 heavy (non-hydrogen) atoms. The molecule has 0 aliphatic carbocycles. The number of hydrogen-bond acceptors (Lipinski definition) is 4. The van der Waals surface area contributed by atoms with Crippen LogP contribution in [0, 0.1) is 13.8 Å². The summed E-state index contributed by atoms with van der Waals surface area (Å²) in [6, 6.07) is 10.6. The number of sulfonamides is 1. The van der Waals surface area contributed by atoms with Crippen LogP contribution in [0.4, 0.5) is 11.4 Å². The van der Waals surface area contributed by atoms with E-state index in [4.69, 9.17) is 5.73 Å². The molecule has 0 saturated heterocycles. The molecule has 0 heterocycles. The lowest BCUT2D eigenvalue weighted by Gasteiger charge is -2.29. The van der Waals surface area contributed by atoms with Crippen molar-refractivity contribution in [2.75, 3.05) is 15.9 Å². The Bertz CT molecular complexity index is 966. The lowest BCUT2D eigenvalue weighted by molar-refractivity contribution is -0.116. The average molecular weight is 389 g/mol. The van der Waals surface area contributed by atoms with Crippen molar-refractivity contribution in [2.45, 2.75) is 26.8 Å². The van der Waals surface area contributed by atoms with Crippen molar-refractivity contribution in [3.63, 3.8) is 0 Å². The topological polar surface area (TPSA) is 110 Å². The van der Waals surface area contributed by atoms with Gasteiger partial charge in [-0.15, -0.1) is 0 Å². The molecule has 0 unspecified atom stereocenters. The average Bonchev–Trinajstić information content (AvgIpc) is 2.52. The summed E-state index contributed by atoms with van der Waals surface area (Å²) >= 11 is 0. The number of rotatable bonds is 6. The fourth-order valence-electron chi connectivity index (χ4n) is 2.93. The normalized spacial score (nSPS) is 12.3. The van der Waals surface area contributed by atoms with Gasteiger partial charge in [-0.05, 0) is 56.2 Å². The molecule has 0 bridgehead atoms. The number of hydrogen-bond donors (Lipinski definition) is 2. The molecule has 0 radical (unpaired) electrons. The van der Waals surface area contributed by atoms with Crippen molar-refractivity contribution in [2.24, 2.45) is 5.73 Å². The first kappa shape index (κ1) is 20.4. The SMILES string of the molecule is Cc1cc(C)cc(N([C@H](C)C(=O)Nc2ccccc2C(N)=O)S(C)(=O)=O)c1. The van der Waals surface area contributed by atoms with E-state index in [1.165, 1.54) is 19.1 Å². The molecule has 144 valence electrons. The first-order valence-electron chi connectivity index (χ1n) is 8.28. The van der Waals surface area contributed by atoms with Crippen LogP contribution < -0.4 is 15.4 Å². The maximum Gasteiger partial charge on any atom is 0.250 e. The number of amides is 2. The minimum absolute atomic E-state index is 0.148. The smallest absolute Gasteiger partial charge is 0.250 e. The Morgan fingerprint density at radius 2 is 1.63 bits per heavy atom. The van der Waals surface area contributed by atoms with Gasteiger partial charge >= 0.3 is 0 Å². The van der Waals surface area contributed by atoms with Gasteiger partial charge in [-0.3, -0.25) is 13.9 Å². The van der Waals surface area contributed by atoms with E-state index >= 15 is 0 Å². The summed E-state index contributed by atoms with van der Waals surface area (Å²) < 4.78 is 25.9. The van der Waals surface area contributed by atoms with Crippen LogP contribution in [0.15, 0.2) is 42.5 Å². The summed E-state index contributed by atoms with van der Waals surface area (Å²) in [5, 5.41) is 2.60. The van der Waals surface area contributed by atoms with Gasteiger partial charge in [-0.25, -0.2) is 8.42 Å². The van der Waals surface area contributed by atoms with E-state index in [1.54, 1.807) is 24.3 Å². The molecule has 0 aliphatic rings. The standard InChI is InChI=1S/C19H23N3O4S/c1-12-9-13(2)11-15(10-12)22(27(4,25)26)14(3)19(24)21-17-8-6-5-7-16(17)18(20)23/h5-11,14H,1-4H3,(H2,20,23)(H,21,24)/t14-/m1/s1. The molecular weight excluding hydrogens is 366 g/mol. The zero-order valence-electron chi connectivity index (χ0n) is 15.7. The highest BCUT2D eigenvalue weighted by Crippen LogP contribution is 2.25. The molecule has 0 saturated carbocycles. The number of anilines is 2. The second-order valence-electron chi connectivity index (χ2n) is 6.48. The minimum atomic E-state index is -3.73. The van der Waals surface area contributed by atoms with Crippen LogP contribution >= 0.6 is 0 Å². The molecular formula is C19H23N3O4S. The van der Waals surface area contributed by atoms with Gasteiger partial charge in [0.1, 0.15) is 6.04 Å². The van der Waals surface area contributed by atoms with Gasteiger partial charge in [0.15, 0.2) is 0 Å². The van der Waals surface area contributed by atoms with Gasteiger partial charge in [-0.2, -0.15) is 0 Å². The van der Waals surface area contributed by atoms with Crippen LogP contribution in [0.25, 0.3) is 0 Å². The summed E-state index contributed by atoms with van der Waals surface area (Å²) in [7, 11) is -3.73. The Labute approximate surface area is 159 Å². The molecule has 2 aromatic carbocycles. The number of aryl methyl sites for hydroxylation is 2. The zero-order chi connectivity index (χ0) is 20.4. The van der Waals surface area contributed by atoms with Gasteiger partial charge in [0, 0.05) is 0 Å². The first-order valence-corrected chi connectivity index (χ1v) is 10.1. The van der Waals surface area contributed by atoms with Crippen molar-refractivity contribution in [3.05, 3.63) is 59.2 Å². The Morgan fingerprint density at radius 3 is 2.15 bits per heavy atom. The van der Waals surface area contributed by atoms with Gasteiger partial charge in [0.25, 0.3) is 5.91 Å². The molecule has 7 nitrogen and oxygen atoms in total. The molecule has 0 spiro atoms. The molecule has 3 N–H and O–H groups in total. The van der Waals surface area contributed by atoms with Crippen LogP contribution in [0.3, 0.4) is 0 Å². The number of primary amides is 1. The van der Waals surface area contributed by atoms with Crippen LogP contribution in [-0.4, -0.2) is 32.5 Å². The number of nitrogens with zero attached hydrogens (tertiary/aromatic N) is 1. The van der Waals surface area contributed by atoms with Gasteiger partial charge in [0.05, 0.1) is 23.2 Å². The quantitative estimate of drug-likeness (QED) is 0.789. The summed E-state index contributed by atoms with van der Waals surface area (Å²) in [5.41, 5.74) is 7.87. The summed E-state index contributed by atoms with van der Waals surface area (Å²) in [6.07, 6.45) is 1.05. The number of para-hydroxylation sites is 1. The predicted molar refractivity (Wildman–Crippen MR) is 106 cm³/mol. The second kappa shape index (κ2) is 7.79. The van der Waals surface area contributed by atoms with Gasteiger partial charge in [0.2, 0.25) is 15.9 Å². The molecule has 0 aromatic heterocycles. The van der Waals surface area contributed by atoms with E-state index in [1.807, 2.05) is 19.9 Å². The highest BCUT2D eigenvalue weighted by atomic mass is 32.2. The van der Waals surface area contributed by atoms with Crippen LogP contribution in [0.2, 0.25) is 0 Å². The van der Waals surface area contributed by atoms with E-state index < -0.39 is 27.9 Å². The van der Waals surface area contributed by atoms with Crippen molar-refractivity contribution in [1.82, 2.24) is 0 Å². The van der Waals surface area contributed by atoms with Crippen molar-refractivity contribution in [1.29, 1.82) is 0 Å². The lowest BCUT2D eigenvalue weighted by Crippen LogP contribution is -2.45. The lowest BCUT2D eigenvalue weighted by atomic mass is 10.1. The molecule has 1 atom stereocenters. The summed E-state index contributed by atoms with van der Waals surface area (Å²) in [5.74, 6) is -1.26. The Morgan fingerprint density at radius 1 is 1.07 bits per heavy atom. The Balaban J connectivity index is 2.40. The summed E-state index contributed by atoms with van der Waals surface area (Å²) in [6.45, 7) is 5.19. The molecule has 0 fully saturated rings. The number of nitrogens with two attached hydrogens (primary N) is 1. The fraction of sp³-hybridized carbons (Fsp3) is 0.263. The predicted octanol–water partition coefficient (Wildman–Crippen LogP) is 2.20. The van der Waals surface area contributed by atoms with Crippen LogP contribution in [-0.2, 0) is 14.8 Å². The zero-order valence-corrected chi connectivity index (χ0v) is 16.5. The van der Waals surface area contributed by atoms with Gasteiger partial charge < -0.3 is 11.1 Å². The number of carbonyl (C=O) groups is 2. The minimum Gasteiger partial charge on any atom is -0.366 e. The third kappa shape index (κ3) is 4.85.